The molecule has 2 heteroatoms. The maximum Gasteiger partial charge on any atom is 0.213 e. The molecule has 0 spiro atoms. The topological polar surface area (TPSA) is 3.01 Å². The van der Waals surface area contributed by atoms with Crippen molar-refractivity contribution in [2.24, 2.45) is 0 Å². The molecule has 0 bridgehead atoms. The van der Waals surface area contributed by atoms with Crippen LogP contribution in [0.3, 0.4) is 0 Å². The van der Waals surface area contributed by atoms with Gasteiger partial charge >= 0.3 is 0 Å². The fourth-order valence-electron chi connectivity index (χ4n) is 3.14. The number of fused-ring (bicyclic) bond motifs is 1. The van der Waals surface area contributed by atoms with E-state index >= 15 is 0 Å². The van der Waals surface area contributed by atoms with Crippen molar-refractivity contribution >= 4 is 11.9 Å². The van der Waals surface area contributed by atoms with Crippen LogP contribution in [0.1, 0.15) is 11.1 Å². The Balaban J connectivity index is 0.00000156. The maximum atomic E-state index is 2.38. The van der Waals surface area contributed by atoms with Gasteiger partial charge in [-0.05, 0) is 23.3 Å². The summed E-state index contributed by atoms with van der Waals surface area (Å²) >= 11 is 0. The summed E-state index contributed by atoms with van der Waals surface area (Å²) < 4.78 is 2.38. The summed E-state index contributed by atoms with van der Waals surface area (Å²) in [7, 11) is 0. The highest BCUT2D eigenvalue weighted by molar-refractivity contribution is 5.81. The van der Waals surface area contributed by atoms with E-state index in [1.165, 1.54) is 27.9 Å². The van der Waals surface area contributed by atoms with Gasteiger partial charge in [0.15, 0.2) is 12.8 Å². The predicted molar refractivity (Wildman–Crippen MR) is 92.0 cm³/mol. The van der Waals surface area contributed by atoms with Crippen LogP contribution in [0.5, 0.6) is 0 Å². The second kappa shape index (κ2) is 6.93. The molecular weight excluding hydrogens is 346 g/mol. The number of para-hydroxylation sites is 1. The van der Waals surface area contributed by atoms with Gasteiger partial charge in [-0.3, -0.25) is 0 Å². The minimum absolute atomic E-state index is 0. The molecular formula is C21H18BrN. The molecule has 0 saturated heterocycles. The van der Waals surface area contributed by atoms with Crippen LogP contribution in [0.2, 0.25) is 0 Å². The number of halogens is 1. The molecule has 0 fully saturated rings. The van der Waals surface area contributed by atoms with Crippen molar-refractivity contribution < 1.29 is 21.6 Å². The summed E-state index contributed by atoms with van der Waals surface area (Å²) in [6.07, 6.45) is 3.37. The monoisotopic (exact) mass is 363 g/mol. The largest absolute Gasteiger partial charge is 1.00 e. The third-order valence-electron chi connectivity index (χ3n) is 4.27. The van der Waals surface area contributed by atoms with Crippen LogP contribution < -0.4 is 17.0 Å². The van der Waals surface area contributed by atoms with Crippen LogP contribution in [0.4, 0.5) is 5.69 Å². The summed E-state index contributed by atoms with van der Waals surface area (Å²) in [5.41, 5.74) is 6.61. The van der Waals surface area contributed by atoms with Gasteiger partial charge in [-0.25, -0.2) is 0 Å². The van der Waals surface area contributed by atoms with E-state index < -0.39 is 0 Å². The van der Waals surface area contributed by atoms with Crippen molar-refractivity contribution in [2.45, 2.75) is 6.42 Å². The van der Waals surface area contributed by atoms with Crippen LogP contribution in [0, 0.1) is 0 Å². The SMILES string of the molecule is C1=[N+](c2ccccc2-c2ccccc2)CCc2ccccc21.[Br-]. The van der Waals surface area contributed by atoms with Crippen molar-refractivity contribution in [3.63, 3.8) is 0 Å². The van der Waals surface area contributed by atoms with Gasteiger partial charge in [0.25, 0.3) is 0 Å². The maximum absolute atomic E-state index is 2.38. The zero-order valence-corrected chi connectivity index (χ0v) is 14.4. The first kappa shape index (κ1) is 15.7. The second-order valence-corrected chi connectivity index (χ2v) is 5.65. The summed E-state index contributed by atoms with van der Waals surface area (Å²) in [4.78, 5) is 0. The van der Waals surface area contributed by atoms with Gasteiger partial charge < -0.3 is 17.0 Å². The molecule has 4 rings (SSSR count). The average molecular weight is 364 g/mol. The molecule has 0 amide bonds. The van der Waals surface area contributed by atoms with Crippen LogP contribution in [0.25, 0.3) is 11.1 Å². The van der Waals surface area contributed by atoms with Crippen molar-refractivity contribution in [2.75, 3.05) is 6.54 Å². The first-order valence-electron chi connectivity index (χ1n) is 7.76. The van der Waals surface area contributed by atoms with Gasteiger partial charge in [-0.2, -0.15) is 4.58 Å². The normalized spacial score (nSPS) is 12.8. The molecule has 0 N–H and O–H groups in total. The molecule has 0 aromatic heterocycles. The molecule has 1 nitrogen and oxygen atoms in total. The van der Waals surface area contributed by atoms with Crippen molar-refractivity contribution in [3.8, 4) is 11.1 Å². The first-order valence-corrected chi connectivity index (χ1v) is 7.76. The quantitative estimate of drug-likeness (QED) is 0.609. The summed E-state index contributed by atoms with van der Waals surface area (Å²) in [6, 6.07) is 27.9. The molecule has 0 atom stereocenters. The Hall–Kier alpha value is -2.19. The van der Waals surface area contributed by atoms with Gasteiger partial charge in [0, 0.05) is 18.1 Å². The van der Waals surface area contributed by atoms with E-state index in [9.17, 15) is 0 Å². The summed E-state index contributed by atoms with van der Waals surface area (Å²) in [6.45, 7) is 1.03. The Bertz CT molecular complexity index is 837. The molecule has 0 unspecified atom stereocenters. The van der Waals surface area contributed by atoms with E-state index in [2.05, 4.69) is 89.7 Å². The number of nitrogens with zero attached hydrogens (tertiary/aromatic N) is 1. The number of rotatable bonds is 2. The smallest absolute Gasteiger partial charge is 0.213 e. The Kier molecular flexibility index (Phi) is 4.73. The predicted octanol–water partition coefficient (Wildman–Crippen LogP) is 1.68. The van der Waals surface area contributed by atoms with E-state index in [1.807, 2.05) is 0 Å². The highest BCUT2D eigenvalue weighted by atomic mass is 79.9. The summed E-state index contributed by atoms with van der Waals surface area (Å²) in [5, 5.41) is 0. The molecule has 3 aromatic carbocycles. The Morgan fingerprint density at radius 3 is 2.26 bits per heavy atom. The molecule has 0 radical (unpaired) electrons. The van der Waals surface area contributed by atoms with Crippen molar-refractivity contribution in [1.29, 1.82) is 0 Å². The third-order valence-corrected chi connectivity index (χ3v) is 4.27. The average Bonchev–Trinajstić information content (AvgIpc) is 2.62. The minimum Gasteiger partial charge on any atom is -1.00 e. The van der Waals surface area contributed by atoms with Crippen LogP contribution in [-0.2, 0) is 6.42 Å². The molecule has 3 aromatic rings. The van der Waals surface area contributed by atoms with Crippen LogP contribution >= 0.6 is 0 Å². The Labute approximate surface area is 147 Å². The molecule has 1 aliphatic rings. The fourth-order valence-corrected chi connectivity index (χ4v) is 3.14. The third kappa shape index (κ3) is 3.13. The van der Waals surface area contributed by atoms with Crippen molar-refractivity contribution in [1.82, 2.24) is 0 Å². The highest BCUT2D eigenvalue weighted by Crippen LogP contribution is 2.30. The summed E-state index contributed by atoms with van der Waals surface area (Å²) in [5.74, 6) is 0. The first-order chi connectivity index (χ1) is 10.9. The van der Waals surface area contributed by atoms with Crippen molar-refractivity contribution in [3.05, 3.63) is 90.0 Å². The number of benzene rings is 3. The lowest BCUT2D eigenvalue weighted by Gasteiger charge is -2.14. The molecule has 0 saturated carbocycles. The molecule has 23 heavy (non-hydrogen) atoms. The molecule has 0 aliphatic carbocycles. The molecule has 114 valence electrons. The van der Waals surface area contributed by atoms with E-state index in [1.54, 1.807) is 0 Å². The molecule has 1 aliphatic heterocycles. The number of hydrogen-bond donors (Lipinski definition) is 0. The lowest BCUT2D eigenvalue weighted by molar-refractivity contribution is -0.435. The Morgan fingerprint density at radius 1 is 0.696 bits per heavy atom. The van der Waals surface area contributed by atoms with Gasteiger partial charge in [-0.1, -0.05) is 60.7 Å². The van der Waals surface area contributed by atoms with E-state index in [0.29, 0.717) is 0 Å². The molecule has 1 heterocycles. The standard InChI is InChI=1S/C21H18N.BrH/c1-2-9-18(10-3-1)20-12-6-7-13-21(20)22-15-14-17-8-4-5-11-19(17)16-22;/h1-13,16H,14-15H2;1H/q+1;/p-1. The van der Waals surface area contributed by atoms with E-state index in [4.69, 9.17) is 0 Å². The lowest BCUT2D eigenvalue weighted by atomic mass is 10.00. The van der Waals surface area contributed by atoms with Gasteiger partial charge in [-0.15, -0.1) is 0 Å². The van der Waals surface area contributed by atoms with E-state index in [-0.39, 0.29) is 17.0 Å². The zero-order chi connectivity index (χ0) is 14.8. The lowest BCUT2D eigenvalue weighted by Crippen LogP contribution is -3.00. The zero-order valence-electron chi connectivity index (χ0n) is 12.8. The minimum atomic E-state index is 0. The van der Waals surface area contributed by atoms with Crippen LogP contribution in [-0.4, -0.2) is 17.3 Å². The van der Waals surface area contributed by atoms with Gasteiger partial charge in [0.2, 0.25) is 5.69 Å². The second-order valence-electron chi connectivity index (χ2n) is 5.65. The van der Waals surface area contributed by atoms with Crippen LogP contribution in [0.15, 0.2) is 78.9 Å². The highest BCUT2D eigenvalue weighted by Gasteiger charge is 2.20. The fraction of sp³-hybridized carbons (Fsp3) is 0.0952. The Morgan fingerprint density at radius 2 is 1.39 bits per heavy atom. The van der Waals surface area contributed by atoms with Gasteiger partial charge in [0.05, 0.1) is 5.56 Å². The number of hydrogen-bond acceptors (Lipinski definition) is 0. The van der Waals surface area contributed by atoms with E-state index in [0.717, 1.165) is 13.0 Å². The van der Waals surface area contributed by atoms with Gasteiger partial charge in [0.1, 0.15) is 0 Å².